The molecule has 2 aromatic heterocycles. The zero-order valence-corrected chi connectivity index (χ0v) is 15.6. The predicted octanol–water partition coefficient (Wildman–Crippen LogP) is 1.15. The fourth-order valence-corrected chi connectivity index (χ4v) is 3.85. The van der Waals surface area contributed by atoms with Crippen LogP contribution in [0.15, 0.2) is 41.4 Å². The molecule has 0 unspecified atom stereocenters. The highest BCUT2D eigenvalue weighted by atomic mass is 32.2. The van der Waals surface area contributed by atoms with Gasteiger partial charge in [0.2, 0.25) is 16.0 Å². The zero-order chi connectivity index (χ0) is 19.0. The Morgan fingerprint density at radius 3 is 2.89 bits per heavy atom. The molecule has 4 rings (SSSR count). The highest BCUT2D eigenvalue weighted by molar-refractivity contribution is 7.89. The molecule has 1 atom stereocenters. The average molecular weight is 387 g/mol. The fourth-order valence-electron chi connectivity index (χ4n) is 3.29. The molecule has 0 radical (unpaired) electrons. The van der Waals surface area contributed by atoms with Gasteiger partial charge in [0, 0.05) is 31.0 Å². The normalized spacial score (nSPS) is 17.6. The summed E-state index contributed by atoms with van der Waals surface area (Å²) in [5, 5.41) is 12.5. The molecule has 0 saturated carbocycles. The Labute approximate surface area is 157 Å². The van der Waals surface area contributed by atoms with E-state index in [2.05, 4.69) is 30.5 Å². The summed E-state index contributed by atoms with van der Waals surface area (Å²) in [5.41, 5.74) is 1.27. The number of likely N-dealkylation sites (N-methyl/N-ethyl adjacent to an activating group) is 1. The average Bonchev–Trinajstić information content (AvgIpc) is 3.29. The quantitative estimate of drug-likeness (QED) is 0.517. The lowest BCUT2D eigenvalue weighted by molar-refractivity contribution is 0.598. The minimum atomic E-state index is -3.78. The molecule has 0 bridgehead atoms. The van der Waals surface area contributed by atoms with Gasteiger partial charge in [-0.3, -0.25) is 0 Å². The third kappa shape index (κ3) is 3.59. The van der Waals surface area contributed by atoms with E-state index >= 15 is 0 Å². The number of H-pyrrole nitrogens is 1. The number of fused-ring (bicyclic) bond motifs is 1. The van der Waals surface area contributed by atoms with Crippen molar-refractivity contribution in [2.24, 2.45) is 5.14 Å². The first kappa shape index (κ1) is 17.7. The molecule has 10 heteroatoms. The molecule has 142 valence electrons. The number of sulfonamides is 1. The van der Waals surface area contributed by atoms with Gasteiger partial charge in [-0.2, -0.15) is 9.97 Å². The third-order valence-electron chi connectivity index (χ3n) is 4.71. The molecule has 3 aromatic rings. The van der Waals surface area contributed by atoms with E-state index < -0.39 is 10.0 Å². The van der Waals surface area contributed by atoms with Crippen molar-refractivity contribution >= 4 is 38.5 Å². The topological polar surface area (TPSA) is 129 Å². The van der Waals surface area contributed by atoms with Crippen LogP contribution in [-0.2, 0) is 10.0 Å². The number of aromatic amines is 1. The lowest BCUT2D eigenvalue weighted by Gasteiger charge is -2.19. The number of anilines is 3. The van der Waals surface area contributed by atoms with Gasteiger partial charge in [-0.05, 0) is 37.7 Å². The maximum absolute atomic E-state index is 11.6. The second-order valence-electron chi connectivity index (χ2n) is 6.53. The summed E-state index contributed by atoms with van der Waals surface area (Å²) in [7, 11) is -1.81. The standard InChI is InChI=1S/C17H21N7O2S/c1-19-12-6-8-24(10-12)16-14-5-7-20-15(14)22-17(23-16)21-11-3-2-4-13(9-11)27(18,25)26/h2-5,7,9,12,19H,6,8,10H2,1H3,(H2,18,25,26)(H2,20,21,22,23)/t12-/m1/s1. The van der Waals surface area contributed by atoms with Gasteiger partial charge < -0.3 is 20.5 Å². The molecule has 0 aliphatic carbocycles. The maximum Gasteiger partial charge on any atom is 0.238 e. The molecule has 1 fully saturated rings. The first-order valence-electron chi connectivity index (χ1n) is 8.61. The summed E-state index contributed by atoms with van der Waals surface area (Å²) >= 11 is 0. The van der Waals surface area contributed by atoms with E-state index in [4.69, 9.17) is 5.14 Å². The summed E-state index contributed by atoms with van der Waals surface area (Å²) in [6.07, 6.45) is 2.88. The van der Waals surface area contributed by atoms with Crippen LogP contribution in [0.25, 0.3) is 11.0 Å². The van der Waals surface area contributed by atoms with Crippen LogP contribution in [0.4, 0.5) is 17.5 Å². The summed E-state index contributed by atoms with van der Waals surface area (Å²) in [6, 6.07) is 8.66. The Bertz CT molecular complexity index is 1080. The van der Waals surface area contributed by atoms with Crippen molar-refractivity contribution < 1.29 is 8.42 Å². The second kappa shape index (κ2) is 6.80. The Morgan fingerprint density at radius 1 is 1.30 bits per heavy atom. The minimum Gasteiger partial charge on any atom is -0.354 e. The number of primary sulfonamides is 1. The van der Waals surface area contributed by atoms with E-state index in [9.17, 15) is 8.42 Å². The predicted molar refractivity (Wildman–Crippen MR) is 105 cm³/mol. The summed E-state index contributed by atoms with van der Waals surface area (Å²) in [4.78, 5) is 14.6. The van der Waals surface area contributed by atoms with E-state index in [1.165, 1.54) is 12.1 Å². The van der Waals surface area contributed by atoms with E-state index in [-0.39, 0.29) is 4.90 Å². The second-order valence-corrected chi connectivity index (χ2v) is 8.09. The van der Waals surface area contributed by atoms with E-state index in [0.29, 0.717) is 17.7 Å². The molecule has 0 spiro atoms. The van der Waals surface area contributed by atoms with Crippen molar-refractivity contribution in [2.45, 2.75) is 17.4 Å². The maximum atomic E-state index is 11.6. The van der Waals surface area contributed by atoms with Gasteiger partial charge in [0.25, 0.3) is 0 Å². The molecule has 0 amide bonds. The van der Waals surface area contributed by atoms with E-state index in [0.717, 1.165) is 36.4 Å². The smallest absolute Gasteiger partial charge is 0.238 e. The molecule has 5 N–H and O–H groups in total. The van der Waals surface area contributed by atoms with Crippen LogP contribution in [-0.4, -0.2) is 49.5 Å². The molecule has 9 nitrogen and oxygen atoms in total. The number of nitrogens with two attached hydrogens (primary N) is 1. The van der Waals surface area contributed by atoms with Gasteiger partial charge in [0.15, 0.2) is 0 Å². The SMILES string of the molecule is CN[C@@H]1CCN(c2nc(Nc3cccc(S(N)(=O)=O)c3)nc3[nH]ccc23)C1. The monoisotopic (exact) mass is 387 g/mol. The Kier molecular flexibility index (Phi) is 4.46. The number of nitrogens with one attached hydrogen (secondary N) is 3. The number of nitrogens with zero attached hydrogens (tertiary/aromatic N) is 3. The molecule has 27 heavy (non-hydrogen) atoms. The Balaban J connectivity index is 1.69. The highest BCUT2D eigenvalue weighted by Gasteiger charge is 2.24. The first-order valence-corrected chi connectivity index (χ1v) is 10.2. The Hall–Kier alpha value is -2.69. The van der Waals surface area contributed by atoms with Crippen LogP contribution in [0.1, 0.15) is 6.42 Å². The van der Waals surface area contributed by atoms with Crippen molar-refractivity contribution in [3.63, 3.8) is 0 Å². The largest absolute Gasteiger partial charge is 0.354 e. The van der Waals surface area contributed by atoms with Gasteiger partial charge in [-0.1, -0.05) is 6.07 Å². The third-order valence-corrected chi connectivity index (χ3v) is 5.62. The number of rotatable bonds is 5. The Morgan fingerprint density at radius 2 is 2.15 bits per heavy atom. The van der Waals surface area contributed by atoms with Crippen LogP contribution in [0, 0.1) is 0 Å². The van der Waals surface area contributed by atoms with Gasteiger partial charge in [0.1, 0.15) is 11.5 Å². The molecule has 1 aliphatic rings. The first-order chi connectivity index (χ1) is 12.9. The van der Waals surface area contributed by atoms with Crippen LogP contribution in [0.5, 0.6) is 0 Å². The van der Waals surface area contributed by atoms with Crippen molar-refractivity contribution in [2.75, 3.05) is 30.4 Å². The van der Waals surface area contributed by atoms with Crippen molar-refractivity contribution in [1.82, 2.24) is 20.3 Å². The van der Waals surface area contributed by atoms with Gasteiger partial charge >= 0.3 is 0 Å². The number of hydrogen-bond acceptors (Lipinski definition) is 7. The summed E-state index contributed by atoms with van der Waals surface area (Å²) < 4.78 is 23.1. The van der Waals surface area contributed by atoms with E-state index in [1.54, 1.807) is 12.1 Å². The van der Waals surface area contributed by atoms with Gasteiger partial charge in [0.05, 0.1) is 10.3 Å². The number of aromatic nitrogens is 3. The van der Waals surface area contributed by atoms with Crippen molar-refractivity contribution in [3.8, 4) is 0 Å². The lowest BCUT2D eigenvalue weighted by Crippen LogP contribution is -2.30. The molecular weight excluding hydrogens is 366 g/mol. The number of hydrogen-bond donors (Lipinski definition) is 4. The highest BCUT2D eigenvalue weighted by Crippen LogP contribution is 2.28. The van der Waals surface area contributed by atoms with Gasteiger partial charge in [-0.15, -0.1) is 0 Å². The molecule has 1 saturated heterocycles. The fraction of sp³-hybridized carbons (Fsp3) is 0.294. The number of benzene rings is 1. The minimum absolute atomic E-state index is 0.0325. The van der Waals surface area contributed by atoms with Crippen LogP contribution in [0.3, 0.4) is 0 Å². The van der Waals surface area contributed by atoms with Crippen LogP contribution in [0.2, 0.25) is 0 Å². The lowest BCUT2D eigenvalue weighted by atomic mass is 10.3. The summed E-state index contributed by atoms with van der Waals surface area (Å²) in [5.74, 6) is 1.24. The van der Waals surface area contributed by atoms with Gasteiger partial charge in [-0.25, -0.2) is 13.6 Å². The van der Waals surface area contributed by atoms with E-state index in [1.807, 2.05) is 19.3 Å². The molecule has 1 aromatic carbocycles. The van der Waals surface area contributed by atoms with Crippen molar-refractivity contribution in [1.29, 1.82) is 0 Å². The zero-order valence-electron chi connectivity index (χ0n) is 14.8. The molecular formula is C17H21N7O2S. The van der Waals surface area contributed by atoms with Crippen LogP contribution < -0.4 is 20.7 Å². The molecule has 3 heterocycles. The molecule has 1 aliphatic heterocycles. The summed E-state index contributed by atoms with van der Waals surface area (Å²) in [6.45, 7) is 1.78. The van der Waals surface area contributed by atoms with Crippen LogP contribution >= 0.6 is 0 Å². The van der Waals surface area contributed by atoms with Crippen molar-refractivity contribution in [3.05, 3.63) is 36.5 Å².